The molecule has 1 amide bonds. The van der Waals surface area contributed by atoms with E-state index in [4.69, 9.17) is 11.6 Å². The second kappa shape index (κ2) is 6.42. The molecular formula is C20H14ClN3O. The largest absolute Gasteiger partial charge is 0.306 e. The number of pyridine rings is 1. The van der Waals surface area contributed by atoms with Crippen LogP contribution in [0.25, 0.3) is 16.9 Å². The number of hydrogen-bond donors (Lipinski definition) is 1. The first-order chi connectivity index (χ1) is 12.2. The predicted molar refractivity (Wildman–Crippen MR) is 100 cm³/mol. The van der Waals surface area contributed by atoms with Crippen LogP contribution in [0.5, 0.6) is 0 Å². The third-order valence-corrected chi connectivity index (χ3v) is 4.13. The number of nitrogens with zero attached hydrogens (tertiary/aromatic N) is 2. The number of imidazole rings is 1. The van der Waals surface area contributed by atoms with Gasteiger partial charge in [-0.1, -0.05) is 54.1 Å². The van der Waals surface area contributed by atoms with Gasteiger partial charge >= 0.3 is 0 Å². The van der Waals surface area contributed by atoms with Crippen LogP contribution < -0.4 is 5.32 Å². The van der Waals surface area contributed by atoms with E-state index in [2.05, 4.69) is 10.3 Å². The number of benzene rings is 2. The van der Waals surface area contributed by atoms with E-state index in [0.29, 0.717) is 16.4 Å². The van der Waals surface area contributed by atoms with E-state index in [-0.39, 0.29) is 5.91 Å². The highest BCUT2D eigenvalue weighted by Gasteiger charge is 2.17. The van der Waals surface area contributed by atoms with E-state index in [0.717, 1.165) is 16.9 Å². The molecule has 4 aromatic rings. The Morgan fingerprint density at radius 3 is 2.56 bits per heavy atom. The number of nitrogens with one attached hydrogen (secondary N) is 1. The SMILES string of the molecule is O=C(Nc1c(-c2ccccc2)nc2ccccn12)c1cccc(Cl)c1. The molecule has 0 saturated heterocycles. The van der Waals surface area contributed by atoms with Crippen LogP contribution in [0.3, 0.4) is 0 Å². The van der Waals surface area contributed by atoms with Gasteiger partial charge in [0.1, 0.15) is 17.2 Å². The van der Waals surface area contributed by atoms with Gasteiger partial charge in [0.25, 0.3) is 5.91 Å². The summed E-state index contributed by atoms with van der Waals surface area (Å²) in [5, 5.41) is 3.50. The lowest BCUT2D eigenvalue weighted by Gasteiger charge is -2.08. The zero-order valence-electron chi connectivity index (χ0n) is 13.2. The maximum Gasteiger partial charge on any atom is 0.256 e. The summed E-state index contributed by atoms with van der Waals surface area (Å²) >= 11 is 6.00. The molecule has 4 rings (SSSR count). The maximum absolute atomic E-state index is 12.7. The summed E-state index contributed by atoms with van der Waals surface area (Å²) in [6.07, 6.45) is 1.88. The summed E-state index contributed by atoms with van der Waals surface area (Å²) in [6.45, 7) is 0. The molecule has 122 valence electrons. The average molecular weight is 348 g/mol. The lowest BCUT2D eigenvalue weighted by molar-refractivity contribution is 0.102. The molecular weight excluding hydrogens is 334 g/mol. The molecule has 0 saturated carbocycles. The number of anilines is 1. The smallest absolute Gasteiger partial charge is 0.256 e. The lowest BCUT2D eigenvalue weighted by atomic mass is 10.1. The second-order valence-electron chi connectivity index (χ2n) is 5.57. The lowest BCUT2D eigenvalue weighted by Crippen LogP contribution is -2.14. The van der Waals surface area contributed by atoms with Crippen LogP contribution in [0.4, 0.5) is 5.82 Å². The van der Waals surface area contributed by atoms with Gasteiger partial charge in [-0.15, -0.1) is 0 Å². The van der Waals surface area contributed by atoms with E-state index in [1.165, 1.54) is 0 Å². The van der Waals surface area contributed by atoms with Crippen molar-refractivity contribution in [2.24, 2.45) is 0 Å². The van der Waals surface area contributed by atoms with Crippen molar-refractivity contribution in [2.75, 3.05) is 5.32 Å². The van der Waals surface area contributed by atoms with Crippen molar-refractivity contribution in [3.8, 4) is 11.3 Å². The van der Waals surface area contributed by atoms with Crippen LogP contribution in [0.2, 0.25) is 5.02 Å². The number of halogens is 1. The molecule has 0 spiro atoms. The molecule has 2 aromatic carbocycles. The van der Waals surface area contributed by atoms with Crippen molar-refractivity contribution in [1.29, 1.82) is 0 Å². The maximum atomic E-state index is 12.7. The van der Waals surface area contributed by atoms with Gasteiger partial charge in [0, 0.05) is 22.3 Å². The topological polar surface area (TPSA) is 46.4 Å². The summed E-state index contributed by atoms with van der Waals surface area (Å²) in [5.41, 5.74) is 2.93. The van der Waals surface area contributed by atoms with Crippen LogP contribution in [-0.4, -0.2) is 15.3 Å². The fraction of sp³-hybridized carbons (Fsp3) is 0. The number of hydrogen-bond acceptors (Lipinski definition) is 2. The molecule has 0 aliphatic carbocycles. The van der Waals surface area contributed by atoms with Crippen LogP contribution in [-0.2, 0) is 0 Å². The van der Waals surface area contributed by atoms with Crippen LogP contribution >= 0.6 is 11.6 Å². The van der Waals surface area contributed by atoms with Crippen LogP contribution in [0.1, 0.15) is 10.4 Å². The minimum absolute atomic E-state index is 0.231. The normalized spacial score (nSPS) is 10.8. The molecule has 2 heterocycles. The van der Waals surface area contributed by atoms with Gasteiger partial charge in [-0.05, 0) is 30.3 Å². The standard InChI is InChI=1S/C20H14ClN3O/c21-16-10-6-9-15(13-16)20(25)23-19-18(14-7-2-1-3-8-14)22-17-11-4-5-12-24(17)19/h1-13H,(H,23,25). The summed E-state index contributed by atoms with van der Waals surface area (Å²) in [4.78, 5) is 17.3. The molecule has 4 nitrogen and oxygen atoms in total. The van der Waals surface area contributed by atoms with E-state index in [1.807, 2.05) is 59.1 Å². The van der Waals surface area contributed by atoms with Gasteiger partial charge in [-0.2, -0.15) is 0 Å². The third kappa shape index (κ3) is 2.99. The first-order valence-corrected chi connectivity index (χ1v) is 8.19. The Kier molecular flexibility index (Phi) is 3.96. The second-order valence-corrected chi connectivity index (χ2v) is 6.00. The van der Waals surface area contributed by atoms with Crippen molar-refractivity contribution >= 4 is 29.0 Å². The fourth-order valence-corrected chi connectivity index (χ4v) is 2.91. The first kappa shape index (κ1) is 15.4. The van der Waals surface area contributed by atoms with Crippen molar-refractivity contribution < 1.29 is 4.79 Å². The molecule has 0 unspecified atom stereocenters. The van der Waals surface area contributed by atoms with Gasteiger partial charge in [0.2, 0.25) is 0 Å². The molecule has 2 aromatic heterocycles. The summed E-state index contributed by atoms with van der Waals surface area (Å²) in [7, 11) is 0. The van der Waals surface area contributed by atoms with Crippen molar-refractivity contribution in [3.63, 3.8) is 0 Å². The van der Waals surface area contributed by atoms with Gasteiger partial charge in [0.15, 0.2) is 0 Å². The average Bonchev–Trinajstić information content (AvgIpc) is 3.01. The van der Waals surface area contributed by atoms with Crippen LogP contribution in [0.15, 0.2) is 79.0 Å². The number of fused-ring (bicyclic) bond motifs is 1. The number of carbonyl (C=O) groups is 1. The first-order valence-electron chi connectivity index (χ1n) is 7.82. The Labute approximate surface area is 149 Å². The fourth-order valence-electron chi connectivity index (χ4n) is 2.72. The molecule has 0 aliphatic rings. The van der Waals surface area contributed by atoms with E-state index >= 15 is 0 Å². The highest BCUT2D eigenvalue weighted by Crippen LogP contribution is 2.29. The monoisotopic (exact) mass is 347 g/mol. The van der Waals surface area contributed by atoms with Crippen molar-refractivity contribution in [2.45, 2.75) is 0 Å². The molecule has 0 atom stereocenters. The van der Waals surface area contributed by atoms with Crippen molar-refractivity contribution in [3.05, 3.63) is 89.6 Å². The van der Waals surface area contributed by atoms with Gasteiger partial charge < -0.3 is 5.32 Å². The molecule has 5 heteroatoms. The quantitative estimate of drug-likeness (QED) is 0.572. The number of aromatic nitrogens is 2. The Morgan fingerprint density at radius 1 is 0.960 bits per heavy atom. The van der Waals surface area contributed by atoms with Crippen molar-refractivity contribution in [1.82, 2.24) is 9.38 Å². The van der Waals surface area contributed by atoms with Gasteiger partial charge in [0.05, 0.1) is 0 Å². The highest BCUT2D eigenvalue weighted by molar-refractivity contribution is 6.31. The molecule has 25 heavy (non-hydrogen) atoms. The zero-order valence-corrected chi connectivity index (χ0v) is 13.9. The minimum atomic E-state index is -0.231. The highest BCUT2D eigenvalue weighted by atomic mass is 35.5. The molecule has 1 N–H and O–H groups in total. The Morgan fingerprint density at radius 2 is 1.76 bits per heavy atom. The van der Waals surface area contributed by atoms with E-state index in [9.17, 15) is 4.79 Å². The summed E-state index contributed by atoms with van der Waals surface area (Å²) in [6, 6.07) is 22.4. The van der Waals surface area contributed by atoms with Crippen LogP contribution in [0, 0.1) is 0 Å². The summed E-state index contributed by atoms with van der Waals surface area (Å²) in [5.74, 6) is 0.400. The third-order valence-electron chi connectivity index (χ3n) is 3.90. The van der Waals surface area contributed by atoms with Gasteiger partial charge in [-0.3, -0.25) is 9.20 Å². The summed E-state index contributed by atoms with van der Waals surface area (Å²) < 4.78 is 1.87. The van der Waals surface area contributed by atoms with E-state index < -0.39 is 0 Å². The van der Waals surface area contributed by atoms with E-state index in [1.54, 1.807) is 24.3 Å². The van der Waals surface area contributed by atoms with Gasteiger partial charge in [-0.25, -0.2) is 4.98 Å². The molecule has 0 bridgehead atoms. The minimum Gasteiger partial charge on any atom is -0.306 e. The molecule has 0 aliphatic heterocycles. The Bertz CT molecular complexity index is 1060. The molecule has 0 fully saturated rings. The predicted octanol–water partition coefficient (Wildman–Crippen LogP) is 4.91. The number of carbonyl (C=O) groups excluding carboxylic acids is 1. The number of amides is 1. The number of rotatable bonds is 3. The Balaban J connectivity index is 1.81. The Hall–Kier alpha value is -3.11. The zero-order chi connectivity index (χ0) is 17.2. The molecule has 0 radical (unpaired) electrons.